The van der Waals surface area contributed by atoms with Crippen molar-refractivity contribution in [1.29, 1.82) is 5.26 Å². The van der Waals surface area contributed by atoms with E-state index in [0.717, 1.165) is 31.0 Å². The van der Waals surface area contributed by atoms with Gasteiger partial charge in [0, 0.05) is 11.4 Å². The summed E-state index contributed by atoms with van der Waals surface area (Å²) in [6.45, 7) is 4.02. The van der Waals surface area contributed by atoms with Crippen molar-refractivity contribution in [1.82, 2.24) is 5.48 Å². The minimum absolute atomic E-state index is 0.0227. The van der Waals surface area contributed by atoms with Crippen LogP contribution in [0, 0.1) is 23.1 Å². The molecule has 0 bridgehead atoms. The SMILES string of the molecule is CC(C)CONC(=O)c1ccc(N2C(=O)N(c3ccc(C#N)c(C(F)(F)F)c3)[C@H]3CCCC[C@@H]32)cc1F. The average molecular weight is 519 g/mol. The van der Waals surface area contributed by atoms with Crippen LogP contribution in [0.2, 0.25) is 0 Å². The van der Waals surface area contributed by atoms with Crippen LogP contribution in [0.4, 0.5) is 33.7 Å². The molecule has 196 valence electrons. The molecule has 11 heteroatoms. The third kappa shape index (κ3) is 5.25. The summed E-state index contributed by atoms with van der Waals surface area (Å²) in [7, 11) is 0. The molecule has 37 heavy (non-hydrogen) atoms. The Morgan fingerprint density at radius 3 is 2.24 bits per heavy atom. The Labute approximate surface area is 211 Å². The highest BCUT2D eigenvalue weighted by atomic mass is 19.4. The summed E-state index contributed by atoms with van der Waals surface area (Å²) in [6, 6.07) is 7.09. The van der Waals surface area contributed by atoms with Gasteiger partial charge < -0.3 is 0 Å². The van der Waals surface area contributed by atoms with Crippen molar-refractivity contribution in [2.75, 3.05) is 16.4 Å². The van der Waals surface area contributed by atoms with E-state index in [-0.39, 0.29) is 35.5 Å². The molecule has 7 nitrogen and oxygen atoms in total. The number of nitriles is 1. The van der Waals surface area contributed by atoms with Gasteiger partial charge in [-0.1, -0.05) is 26.7 Å². The van der Waals surface area contributed by atoms with Gasteiger partial charge in [-0.2, -0.15) is 18.4 Å². The van der Waals surface area contributed by atoms with E-state index in [0.29, 0.717) is 12.8 Å². The third-order valence-corrected chi connectivity index (χ3v) is 6.53. The first-order valence-corrected chi connectivity index (χ1v) is 12.0. The number of nitrogens with one attached hydrogen (secondary N) is 1. The predicted octanol–water partition coefficient (Wildman–Crippen LogP) is 5.79. The predicted molar refractivity (Wildman–Crippen MR) is 127 cm³/mol. The Morgan fingerprint density at radius 1 is 1.11 bits per heavy atom. The van der Waals surface area contributed by atoms with Crippen LogP contribution >= 0.6 is 0 Å². The van der Waals surface area contributed by atoms with Crippen LogP contribution in [0.15, 0.2) is 36.4 Å². The molecule has 1 aliphatic heterocycles. The maximum absolute atomic E-state index is 15.0. The van der Waals surface area contributed by atoms with Gasteiger partial charge in [0.25, 0.3) is 5.91 Å². The summed E-state index contributed by atoms with van der Waals surface area (Å²) >= 11 is 0. The number of rotatable bonds is 6. The van der Waals surface area contributed by atoms with Crippen LogP contribution < -0.4 is 15.3 Å². The molecule has 0 radical (unpaired) electrons. The molecule has 1 saturated carbocycles. The Morgan fingerprint density at radius 2 is 1.70 bits per heavy atom. The highest BCUT2D eigenvalue weighted by molar-refractivity contribution is 6.08. The van der Waals surface area contributed by atoms with Gasteiger partial charge in [0.05, 0.1) is 41.5 Å². The van der Waals surface area contributed by atoms with Crippen molar-refractivity contribution in [3.8, 4) is 6.07 Å². The lowest BCUT2D eigenvalue weighted by Gasteiger charge is -2.32. The van der Waals surface area contributed by atoms with Crippen LogP contribution in [-0.4, -0.2) is 30.6 Å². The smallest absolute Gasteiger partial charge is 0.289 e. The Kier molecular flexibility index (Phi) is 7.41. The molecule has 1 N–H and O–H groups in total. The van der Waals surface area contributed by atoms with Crippen LogP contribution in [0.5, 0.6) is 0 Å². The summed E-state index contributed by atoms with van der Waals surface area (Å²) in [5, 5.41) is 9.12. The summed E-state index contributed by atoms with van der Waals surface area (Å²) in [5.74, 6) is -1.48. The zero-order valence-electron chi connectivity index (χ0n) is 20.3. The normalized spacial score (nSPS) is 19.7. The number of carbonyl (C=O) groups excluding carboxylic acids is 2. The van der Waals surface area contributed by atoms with Crippen molar-refractivity contribution >= 4 is 23.3 Å². The molecule has 1 saturated heterocycles. The van der Waals surface area contributed by atoms with E-state index < -0.39 is 41.1 Å². The molecular weight excluding hydrogens is 492 g/mol. The van der Waals surface area contributed by atoms with Crippen molar-refractivity contribution in [2.24, 2.45) is 5.92 Å². The molecule has 2 aromatic carbocycles. The first kappa shape index (κ1) is 26.4. The van der Waals surface area contributed by atoms with Crippen LogP contribution in [-0.2, 0) is 11.0 Å². The molecule has 2 atom stereocenters. The van der Waals surface area contributed by atoms with E-state index in [1.165, 1.54) is 28.0 Å². The van der Waals surface area contributed by atoms with Crippen molar-refractivity contribution in [3.63, 3.8) is 0 Å². The lowest BCUT2D eigenvalue weighted by molar-refractivity contribution is -0.137. The Balaban J connectivity index is 1.66. The van der Waals surface area contributed by atoms with Gasteiger partial charge in [0.1, 0.15) is 5.82 Å². The summed E-state index contributed by atoms with van der Waals surface area (Å²) in [5.41, 5.74) is 0.492. The third-order valence-electron chi connectivity index (χ3n) is 6.53. The molecule has 2 fully saturated rings. The number of hydrogen-bond acceptors (Lipinski definition) is 4. The van der Waals surface area contributed by atoms with Crippen molar-refractivity contribution in [3.05, 3.63) is 58.9 Å². The number of anilines is 2. The fraction of sp³-hybridized carbons (Fsp3) is 0.423. The molecule has 0 spiro atoms. The second-order valence-electron chi connectivity index (χ2n) is 9.58. The number of benzene rings is 2. The number of amides is 3. The topological polar surface area (TPSA) is 85.7 Å². The van der Waals surface area contributed by atoms with E-state index in [2.05, 4.69) is 5.48 Å². The van der Waals surface area contributed by atoms with Gasteiger partial charge in [-0.15, -0.1) is 0 Å². The average Bonchev–Trinajstić information content (AvgIpc) is 3.14. The van der Waals surface area contributed by atoms with Gasteiger partial charge >= 0.3 is 12.2 Å². The summed E-state index contributed by atoms with van der Waals surface area (Å²) < 4.78 is 55.7. The first-order valence-electron chi connectivity index (χ1n) is 12.0. The number of carbonyl (C=O) groups is 2. The Hall–Kier alpha value is -3.65. The molecule has 0 unspecified atom stereocenters. The van der Waals surface area contributed by atoms with Gasteiger partial charge in [-0.05, 0) is 55.2 Å². The molecule has 3 amide bonds. The number of hydrogen-bond donors (Lipinski definition) is 1. The van der Waals surface area contributed by atoms with E-state index in [1.54, 1.807) is 6.07 Å². The summed E-state index contributed by atoms with van der Waals surface area (Å²) in [4.78, 5) is 33.6. The number of hydroxylamine groups is 1. The maximum atomic E-state index is 15.0. The highest BCUT2D eigenvalue weighted by Crippen LogP contribution is 2.42. The molecule has 2 aliphatic rings. The van der Waals surface area contributed by atoms with Crippen LogP contribution in [0.3, 0.4) is 0 Å². The molecule has 4 rings (SSSR count). The highest BCUT2D eigenvalue weighted by Gasteiger charge is 2.48. The van der Waals surface area contributed by atoms with Gasteiger partial charge in [0.15, 0.2) is 0 Å². The van der Waals surface area contributed by atoms with Crippen LogP contribution in [0.1, 0.15) is 61.0 Å². The lowest BCUT2D eigenvalue weighted by Crippen LogP contribution is -2.40. The standard InChI is InChI=1S/C26H26F4N4O3/c1-15(2)14-37-32-24(35)19-10-9-18(12-21(19)27)34-23-6-4-3-5-22(23)33(25(34)36)17-8-7-16(13-31)20(11-17)26(28,29)30/h7-12,15,22-23H,3-6,14H2,1-2H3,(H,32,35)/t22-,23-/m0/s1. The quantitative estimate of drug-likeness (QED) is 0.387. The van der Waals surface area contributed by atoms with Crippen LogP contribution in [0.25, 0.3) is 0 Å². The Bertz CT molecular complexity index is 1240. The van der Waals surface area contributed by atoms with Crippen molar-refractivity contribution in [2.45, 2.75) is 57.8 Å². The number of urea groups is 1. The van der Waals surface area contributed by atoms with E-state index in [4.69, 9.17) is 10.1 Å². The second-order valence-corrected chi connectivity index (χ2v) is 9.58. The van der Waals surface area contributed by atoms with Crippen molar-refractivity contribution < 1.29 is 32.0 Å². The number of fused-ring (bicyclic) bond motifs is 1. The monoisotopic (exact) mass is 518 g/mol. The fourth-order valence-corrected chi connectivity index (χ4v) is 4.88. The number of alkyl halides is 3. The first-order chi connectivity index (χ1) is 17.5. The summed E-state index contributed by atoms with van der Waals surface area (Å²) in [6.07, 6.45) is -2.04. The lowest BCUT2D eigenvalue weighted by atomic mass is 9.89. The van der Waals surface area contributed by atoms with Gasteiger partial charge in [-0.25, -0.2) is 14.7 Å². The minimum atomic E-state index is -4.77. The maximum Gasteiger partial charge on any atom is 0.417 e. The number of halogens is 4. The van der Waals surface area contributed by atoms with Gasteiger partial charge in [-0.3, -0.25) is 19.4 Å². The van der Waals surface area contributed by atoms with E-state index >= 15 is 0 Å². The molecule has 0 aromatic heterocycles. The van der Waals surface area contributed by atoms with Gasteiger partial charge in [0.2, 0.25) is 0 Å². The fourth-order valence-electron chi connectivity index (χ4n) is 4.88. The molecular formula is C26H26F4N4O3. The van der Waals surface area contributed by atoms with E-state index in [1.807, 2.05) is 13.8 Å². The minimum Gasteiger partial charge on any atom is -0.289 e. The van der Waals surface area contributed by atoms with E-state index in [9.17, 15) is 27.2 Å². The molecule has 1 heterocycles. The zero-order valence-corrected chi connectivity index (χ0v) is 20.3. The largest absolute Gasteiger partial charge is 0.417 e. The number of nitrogens with zero attached hydrogens (tertiary/aromatic N) is 3. The second kappa shape index (κ2) is 10.4. The molecule has 2 aromatic rings. The zero-order chi connectivity index (χ0) is 26.9. The molecule has 1 aliphatic carbocycles.